The van der Waals surface area contributed by atoms with Gasteiger partial charge in [-0.15, -0.1) is 0 Å². The molecular formula is C15H23N3O. The number of anilines is 2. The highest BCUT2D eigenvalue weighted by Gasteiger charge is 2.19. The van der Waals surface area contributed by atoms with Gasteiger partial charge in [-0.3, -0.25) is 4.79 Å². The van der Waals surface area contributed by atoms with Crippen LogP contribution in [0.4, 0.5) is 11.4 Å². The Morgan fingerprint density at radius 3 is 2.16 bits per heavy atom. The van der Waals surface area contributed by atoms with Crippen molar-refractivity contribution < 1.29 is 4.79 Å². The van der Waals surface area contributed by atoms with Crippen molar-refractivity contribution in [2.45, 2.75) is 13.3 Å². The first-order chi connectivity index (χ1) is 9.11. The third-order valence-corrected chi connectivity index (χ3v) is 3.67. The van der Waals surface area contributed by atoms with Crippen LogP contribution >= 0.6 is 0 Å². The molecule has 4 nitrogen and oxygen atoms in total. The zero-order valence-corrected chi connectivity index (χ0v) is 12.1. The Labute approximate surface area is 115 Å². The minimum atomic E-state index is 0.266. The summed E-state index contributed by atoms with van der Waals surface area (Å²) in [6.07, 6.45) is 0.609. The second-order valence-corrected chi connectivity index (χ2v) is 5.13. The molecule has 1 saturated heterocycles. The van der Waals surface area contributed by atoms with Gasteiger partial charge in [-0.2, -0.15) is 0 Å². The van der Waals surface area contributed by atoms with Crippen LogP contribution in [0.3, 0.4) is 0 Å². The molecule has 0 radical (unpaired) electrons. The van der Waals surface area contributed by atoms with Gasteiger partial charge >= 0.3 is 0 Å². The molecule has 0 aliphatic carbocycles. The maximum atomic E-state index is 11.6. The minimum Gasteiger partial charge on any atom is -0.378 e. The van der Waals surface area contributed by atoms with E-state index in [9.17, 15) is 4.79 Å². The number of benzene rings is 1. The van der Waals surface area contributed by atoms with E-state index in [0.717, 1.165) is 26.2 Å². The SMILES string of the molecule is CCC(=O)N1CCN(c2ccc(N(C)C)cc2)CC1. The number of hydrogen-bond acceptors (Lipinski definition) is 3. The third kappa shape index (κ3) is 3.19. The molecule has 1 aromatic rings. The van der Waals surface area contributed by atoms with Crippen LogP contribution in [0.15, 0.2) is 24.3 Å². The first-order valence-corrected chi connectivity index (χ1v) is 6.92. The van der Waals surface area contributed by atoms with Crippen LogP contribution in [-0.2, 0) is 4.79 Å². The topological polar surface area (TPSA) is 26.8 Å². The number of hydrogen-bond donors (Lipinski definition) is 0. The van der Waals surface area contributed by atoms with Crippen LogP contribution in [0, 0.1) is 0 Å². The summed E-state index contributed by atoms with van der Waals surface area (Å²) in [6, 6.07) is 8.59. The van der Waals surface area contributed by atoms with Crippen molar-refractivity contribution in [3.05, 3.63) is 24.3 Å². The Balaban J connectivity index is 1.96. The molecule has 104 valence electrons. The normalized spacial score (nSPS) is 15.5. The van der Waals surface area contributed by atoms with Crippen LogP contribution in [0.1, 0.15) is 13.3 Å². The van der Waals surface area contributed by atoms with Crippen molar-refractivity contribution in [2.24, 2.45) is 0 Å². The van der Waals surface area contributed by atoms with E-state index in [-0.39, 0.29) is 5.91 Å². The van der Waals surface area contributed by atoms with Gasteiger partial charge in [0.25, 0.3) is 0 Å². The van der Waals surface area contributed by atoms with Crippen molar-refractivity contribution in [1.29, 1.82) is 0 Å². The van der Waals surface area contributed by atoms with Crippen LogP contribution in [0.5, 0.6) is 0 Å². The molecule has 1 heterocycles. The fourth-order valence-corrected chi connectivity index (χ4v) is 2.40. The van der Waals surface area contributed by atoms with Crippen LogP contribution in [0.2, 0.25) is 0 Å². The van der Waals surface area contributed by atoms with Crippen molar-refractivity contribution in [2.75, 3.05) is 50.1 Å². The number of nitrogens with zero attached hydrogens (tertiary/aromatic N) is 3. The van der Waals surface area contributed by atoms with Crippen molar-refractivity contribution in [1.82, 2.24) is 4.90 Å². The molecular weight excluding hydrogens is 238 g/mol. The molecule has 0 unspecified atom stereocenters. The van der Waals surface area contributed by atoms with E-state index in [2.05, 4.69) is 34.1 Å². The summed E-state index contributed by atoms with van der Waals surface area (Å²) in [5, 5.41) is 0. The summed E-state index contributed by atoms with van der Waals surface area (Å²) >= 11 is 0. The zero-order valence-electron chi connectivity index (χ0n) is 12.1. The van der Waals surface area contributed by atoms with Crippen LogP contribution in [0.25, 0.3) is 0 Å². The standard InChI is InChI=1S/C15H23N3O/c1-4-15(19)18-11-9-17(10-12-18)14-7-5-13(6-8-14)16(2)3/h5-8H,4,9-12H2,1-3H3. The first-order valence-electron chi connectivity index (χ1n) is 6.92. The minimum absolute atomic E-state index is 0.266. The molecule has 19 heavy (non-hydrogen) atoms. The van der Waals surface area contributed by atoms with Gasteiger partial charge in [-0.25, -0.2) is 0 Å². The van der Waals surface area contributed by atoms with E-state index >= 15 is 0 Å². The molecule has 1 aliphatic rings. The van der Waals surface area contributed by atoms with Gasteiger partial charge in [-0.1, -0.05) is 6.92 Å². The lowest BCUT2D eigenvalue weighted by molar-refractivity contribution is -0.131. The van der Waals surface area contributed by atoms with Crippen LogP contribution < -0.4 is 9.80 Å². The molecule has 0 spiro atoms. The van der Waals surface area contributed by atoms with E-state index in [4.69, 9.17) is 0 Å². The highest BCUT2D eigenvalue weighted by atomic mass is 16.2. The van der Waals surface area contributed by atoms with E-state index in [1.807, 2.05) is 25.9 Å². The van der Waals surface area contributed by atoms with E-state index in [1.165, 1.54) is 11.4 Å². The lowest BCUT2D eigenvalue weighted by Gasteiger charge is -2.36. The highest BCUT2D eigenvalue weighted by Crippen LogP contribution is 2.20. The molecule has 1 aromatic carbocycles. The smallest absolute Gasteiger partial charge is 0.222 e. The number of carbonyl (C=O) groups excluding carboxylic acids is 1. The quantitative estimate of drug-likeness (QED) is 0.830. The Hall–Kier alpha value is -1.71. The molecule has 4 heteroatoms. The van der Waals surface area contributed by atoms with Gasteiger partial charge in [0, 0.05) is 58.1 Å². The molecule has 0 aromatic heterocycles. The maximum absolute atomic E-state index is 11.6. The average Bonchev–Trinajstić information content (AvgIpc) is 2.46. The summed E-state index contributed by atoms with van der Waals surface area (Å²) in [4.78, 5) is 18.0. The fourth-order valence-electron chi connectivity index (χ4n) is 2.40. The average molecular weight is 261 g/mol. The van der Waals surface area contributed by atoms with Gasteiger partial charge in [0.2, 0.25) is 5.91 Å². The van der Waals surface area contributed by atoms with E-state index in [0.29, 0.717) is 6.42 Å². The Kier molecular flexibility index (Phi) is 4.30. The summed E-state index contributed by atoms with van der Waals surface area (Å²) < 4.78 is 0. The number of carbonyl (C=O) groups is 1. The lowest BCUT2D eigenvalue weighted by atomic mass is 10.2. The monoisotopic (exact) mass is 261 g/mol. The summed E-state index contributed by atoms with van der Waals surface area (Å²) in [6.45, 7) is 5.44. The number of piperazine rings is 1. The van der Waals surface area contributed by atoms with Crippen molar-refractivity contribution in [3.63, 3.8) is 0 Å². The van der Waals surface area contributed by atoms with Gasteiger partial charge in [0.05, 0.1) is 0 Å². The first kappa shape index (κ1) is 13.7. The fraction of sp³-hybridized carbons (Fsp3) is 0.533. The van der Waals surface area contributed by atoms with E-state index < -0.39 is 0 Å². The zero-order chi connectivity index (χ0) is 13.8. The second-order valence-electron chi connectivity index (χ2n) is 5.13. The predicted octanol–water partition coefficient (Wildman–Crippen LogP) is 1.81. The number of amides is 1. The Bertz CT molecular complexity index is 420. The maximum Gasteiger partial charge on any atom is 0.222 e. The molecule has 0 bridgehead atoms. The molecule has 0 N–H and O–H groups in total. The molecule has 2 rings (SSSR count). The number of rotatable bonds is 3. The Morgan fingerprint density at radius 2 is 1.68 bits per heavy atom. The van der Waals surface area contributed by atoms with Gasteiger partial charge in [0.15, 0.2) is 0 Å². The van der Waals surface area contributed by atoms with Crippen molar-refractivity contribution >= 4 is 17.3 Å². The molecule has 0 atom stereocenters. The Morgan fingerprint density at radius 1 is 1.11 bits per heavy atom. The van der Waals surface area contributed by atoms with Crippen LogP contribution in [-0.4, -0.2) is 51.1 Å². The lowest BCUT2D eigenvalue weighted by Crippen LogP contribution is -2.48. The summed E-state index contributed by atoms with van der Waals surface area (Å²) in [7, 11) is 4.09. The van der Waals surface area contributed by atoms with E-state index in [1.54, 1.807) is 0 Å². The summed E-state index contributed by atoms with van der Waals surface area (Å²) in [5.74, 6) is 0.266. The molecule has 1 fully saturated rings. The molecule has 1 aliphatic heterocycles. The molecule has 0 saturated carbocycles. The van der Waals surface area contributed by atoms with Gasteiger partial charge in [0.1, 0.15) is 0 Å². The molecule has 1 amide bonds. The largest absolute Gasteiger partial charge is 0.378 e. The highest BCUT2D eigenvalue weighted by molar-refractivity contribution is 5.76. The van der Waals surface area contributed by atoms with Gasteiger partial charge in [-0.05, 0) is 24.3 Å². The van der Waals surface area contributed by atoms with Gasteiger partial charge < -0.3 is 14.7 Å². The summed E-state index contributed by atoms with van der Waals surface area (Å²) in [5.41, 5.74) is 2.46. The second kappa shape index (κ2) is 5.95. The predicted molar refractivity (Wildman–Crippen MR) is 79.9 cm³/mol. The third-order valence-electron chi connectivity index (χ3n) is 3.67. The van der Waals surface area contributed by atoms with Crippen molar-refractivity contribution in [3.8, 4) is 0 Å².